The van der Waals surface area contributed by atoms with E-state index < -0.39 is 10.0 Å². The Bertz CT molecular complexity index is 704. The molecule has 7 nitrogen and oxygen atoms in total. The summed E-state index contributed by atoms with van der Waals surface area (Å²) in [6, 6.07) is 4.60. The Morgan fingerprint density at radius 1 is 1.12 bits per heavy atom. The first kappa shape index (κ1) is 20.5. The lowest BCUT2D eigenvalue weighted by Gasteiger charge is -2.18. The summed E-state index contributed by atoms with van der Waals surface area (Å²) in [4.78, 5) is 11.8. The maximum Gasteiger partial charge on any atom is 0.240 e. The van der Waals surface area contributed by atoms with E-state index in [1.165, 1.54) is 12.1 Å². The normalized spacial score (nSPS) is 13.7. The standard InChI is InChI=1S/C18H28N2O5S/c1-14(2)13-19-18(21)6-4-3-5-9-20-26(22,23)15-7-8-16-17(12-15)25-11-10-24-16/h7-8,12,14,20H,3-6,9-11,13H2,1-2H3,(H,19,21). The molecule has 2 rings (SSSR count). The number of benzene rings is 1. The van der Waals surface area contributed by atoms with Crippen LogP contribution in [0.2, 0.25) is 0 Å². The van der Waals surface area contributed by atoms with Gasteiger partial charge in [-0.3, -0.25) is 4.79 Å². The van der Waals surface area contributed by atoms with Gasteiger partial charge in [-0.05, 0) is 30.9 Å². The monoisotopic (exact) mass is 384 g/mol. The Balaban J connectivity index is 1.69. The van der Waals surface area contributed by atoms with Crippen LogP contribution < -0.4 is 19.5 Å². The van der Waals surface area contributed by atoms with Gasteiger partial charge in [0.25, 0.3) is 0 Å². The van der Waals surface area contributed by atoms with Crippen LogP contribution in [0, 0.1) is 5.92 Å². The second-order valence-corrected chi connectivity index (χ2v) is 8.48. The summed E-state index contributed by atoms with van der Waals surface area (Å²) in [7, 11) is -3.58. The number of sulfonamides is 1. The van der Waals surface area contributed by atoms with Gasteiger partial charge in [0, 0.05) is 25.6 Å². The smallest absolute Gasteiger partial charge is 0.240 e. The van der Waals surface area contributed by atoms with Crippen LogP contribution in [0.5, 0.6) is 11.5 Å². The highest BCUT2D eigenvalue weighted by atomic mass is 32.2. The van der Waals surface area contributed by atoms with Gasteiger partial charge in [-0.2, -0.15) is 0 Å². The van der Waals surface area contributed by atoms with Gasteiger partial charge in [0.1, 0.15) is 13.2 Å². The fourth-order valence-electron chi connectivity index (χ4n) is 2.47. The molecular formula is C18H28N2O5S. The number of hydrogen-bond acceptors (Lipinski definition) is 5. The van der Waals surface area contributed by atoms with Crippen LogP contribution in [-0.2, 0) is 14.8 Å². The first-order chi connectivity index (χ1) is 12.4. The number of amides is 1. The third-order valence-corrected chi connectivity index (χ3v) is 5.36. The van der Waals surface area contributed by atoms with E-state index in [-0.39, 0.29) is 10.8 Å². The molecule has 1 aromatic carbocycles. The number of nitrogens with one attached hydrogen (secondary N) is 2. The summed E-state index contributed by atoms with van der Waals surface area (Å²) in [6.45, 7) is 6.00. The van der Waals surface area contributed by atoms with Crippen molar-refractivity contribution in [1.82, 2.24) is 10.0 Å². The van der Waals surface area contributed by atoms with Crippen molar-refractivity contribution >= 4 is 15.9 Å². The van der Waals surface area contributed by atoms with Crippen molar-refractivity contribution in [2.24, 2.45) is 5.92 Å². The molecule has 0 aromatic heterocycles. The summed E-state index contributed by atoms with van der Waals surface area (Å²) in [6.07, 6.45) is 2.69. The SMILES string of the molecule is CC(C)CNC(=O)CCCCCNS(=O)(=O)c1ccc2c(c1)OCCO2. The minimum Gasteiger partial charge on any atom is -0.486 e. The lowest BCUT2D eigenvalue weighted by molar-refractivity contribution is -0.121. The molecule has 0 saturated carbocycles. The molecule has 0 aliphatic carbocycles. The number of fused-ring (bicyclic) bond motifs is 1. The van der Waals surface area contributed by atoms with E-state index in [1.807, 2.05) is 13.8 Å². The minimum atomic E-state index is -3.58. The number of hydrogen-bond donors (Lipinski definition) is 2. The summed E-state index contributed by atoms with van der Waals surface area (Å²) in [5.74, 6) is 1.50. The Kier molecular flexibility index (Phi) is 7.71. The van der Waals surface area contributed by atoms with Gasteiger partial charge in [-0.1, -0.05) is 20.3 Å². The molecule has 26 heavy (non-hydrogen) atoms. The molecule has 0 bridgehead atoms. The molecule has 1 heterocycles. The zero-order valence-corrected chi connectivity index (χ0v) is 16.2. The molecule has 0 atom stereocenters. The van der Waals surface area contributed by atoms with Crippen molar-refractivity contribution in [3.05, 3.63) is 18.2 Å². The van der Waals surface area contributed by atoms with Crippen molar-refractivity contribution in [3.8, 4) is 11.5 Å². The van der Waals surface area contributed by atoms with E-state index >= 15 is 0 Å². The number of carbonyl (C=O) groups excluding carboxylic acids is 1. The molecule has 0 saturated heterocycles. The van der Waals surface area contributed by atoms with E-state index in [0.29, 0.717) is 56.6 Å². The van der Waals surface area contributed by atoms with Crippen molar-refractivity contribution in [1.29, 1.82) is 0 Å². The Hall–Kier alpha value is -1.80. The summed E-state index contributed by atoms with van der Waals surface area (Å²) < 4.78 is 38.1. The molecule has 0 radical (unpaired) electrons. The molecule has 8 heteroatoms. The molecular weight excluding hydrogens is 356 g/mol. The average Bonchev–Trinajstić information content (AvgIpc) is 2.62. The summed E-state index contributed by atoms with van der Waals surface area (Å²) >= 11 is 0. The molecule has 1 aliphatic rings. The third-order valence-electron chi connectivity index (χ3n) is 3.90. The highest BCUT2D eigenvalue weighted by molar-refractivity contribution is 7.89. The van der Waals surface area contributed by atoms with E-state index in [4.69, 9.17) is 9.47 Å². The summed E-state index contributed by atoms with van der Waals surface area (Å²) in [5, 5.41) is 2.87. The lowest BCUT2D eigenvalue weighted by atomic mass is 10.2. The van der Waals surface area contributed by atoms with Gasteiger partial charge in [0.15, 0.2) is 11.5 Å². The van der Waals surface area contributed by atoms with E-state index in [2.05, 4.69) is 10.0 Å². The maximum atomic E-state index is 12.3. The van der Waals surface area contributed by atoms with Crippen molar-refractivity contribution in [2.75, 3.05) is 26.3 Å². The van der Waals surface area contributed by atoms with Gasteiger partial charge in [0.2, 0.25) is 15.9 Å². The van der Waals surface area contributed by atoms with Crippen molar-refractivity contribution in [3.63, 3.8) is 0 Å². The van der Waals surface area contributed by atoms with Gasteiger partial charge >= 0.3 is 0 Å². The predicted octanol–water partition coefficient (Wildman–Crippen LogP) is 2.07. The third kappa shape index (κ3) is 6.49. The topological polar surface area (TPSA) is 93.7 Å². The number of ether oxygens (including phenoxy) is 2. The van der Waals surface area contributed by atoms with Crippen molar-refractivity contribution < 1.29 is 22.7 Å². The molecule has 0 unspecified atom stereocenters. The molecule has 0 fully saturated rings. The molecule has 1 amide bonds. The van der Waals surface area contributed by atoms with Crippen molar-refractivity contribution in [2.45, 2.75) is 44.4 Å². The van der Waals surface area contributed by atoms with Crippen LogP contribution in [0.1, 0.15) is 39.5 Å². The minimum absolute atomic E-state index is 0.0514. The van der Waals surface area contributed by atoms with E-state index in [0.717, 1.165) is 12.8 Å². The zero-order chi connectivity index (χ0) is 19.0. The predicted molar refractivity (Wildman–Crippen MR) is 98.9 cm³/mol. The highest BCUT2D eigenvalue weighted by Gasteiger charge is 2.18. The van der Waals surface area contributed by atoms with E-state index in [9.17, 15) is 13.2 Å². The van der Waals surface area contributed by atoms with Crippen LogP contribution in [0.25, 0.3) is 0 Å². The van der Waals surface area contributed by atoms with Crippen LogP contribution in [-0.4, -0.2) is 40.6 Å². The zero-order valence-electron chi connectivity index (χ0n) is 15.4. The quantitative estimate of drug-likeness (QED) is 0.602. The fourth-order valence-corrected chi connectivity index (χ4v) is 3.56. The molecule has 146 valence electrons. The second-order valence-electron chi connectivity index (χ2n) is 6.71. The maximum absolute atomic E-state index is 12.3. The largest absolute Gasteiger partial charge is 0.486 e. The van der Waals surface area contributed by atoms with Crippen LogP contribution in [0.4, 0.5) is 0 Å². The lowest BCUT2D eigenvalue weighted by Crippen LogP contribution is -2.27. The number of unbranched alkanes of at least 4 members (excludes halogenated alkanes) is 2. The van der Waals surface area contributed by atoms with Gasteiger partial charge in [-0.15, -0.1) is 0 Å². The molecule has 0 spiro atoms. The number of rotatable bonds is 10. The highest BCUT2D eigenvalue weighted by Crippen LogP contribution is 2.32. The Morgan fingerprint density at radius 3 is 2.58 bits per heavy atom. The average molecular weight is 384 g/mol. The Labute approximate surface area is 155 Å². The van der Waals surface area contributed by atoms with Gasteiger partial charge in [0.05, 0.1) is 4.90 Å². The first-order valence-corrected chi connectivity index (χ1v) is 10.5. The number of carbonyl (C=O) groups is 1. The second kappa shape index (κ2) is 9.78. The van der Waals surface area contributed by atoms with Crippen LogP contribution >= 0.6 is 0 Å². The van der Waals surface area contributed by atoms with Gasteiger partial charge < -0.3 is 14.8 Å². The molecule has 1 aromatic rings. The van der Waals surface area contributed by atoms with Crippen LogP contribution in [0.3, 0.4) is 0 Å². The molecule has 2 N–H and O–H groups in total. The fraction of sp³-hybridized carbons (Fsp3) is 0.611. The molecule has 1 aliphatic heterocycles. The Morgan fingerprint density at radius 2 is 1.85 bits per heavy atom. The van der Waals surface area contributed by atoms with E-state index in [1.54, 1.807) is 6.07 Å². The summed E-state index contributed by atoms with van der Waals surface area (Å²) in [5.41, 5.74) is 0. The van der Waals surface area contributed by atoms with Crippen LogP contribution in [0.15, 0.2) is 23.1 Å². The van der Waals surface area contributed by atoms with Gasteiger partial charge in [-0.25, -0.2) is 13.1 Å². The first-order valence-electron chi connectivity index (χ1n) is 9.04.